The van der Waals surface area contributed by atoms with Gasteiger partial charge in [-0.15, -0.1) is 0 Å². The standard InChI is InChI=1S/C14H27N/c1-4-12-5-8-14(2,3)13-6-9-15(11-12)10-7-13/h12-13H,4-11H2,1-3H3. The van der Waals surface area contributed by atoms with Gasteiger partial charge < -0.3 is 4.90 Å². The fraction of sp³-hybridized carbons (Fsp3) is 1.00. The lowest BCUT2D eigenvalue weighted by Crippen LogP contribution is -2.38. The molecule has 0 aliphatic carbocycles. The zero-order valence-corrected chi connectivity index (χ0v) is 10.8. The van der Waals surface area contributed by atoms with Crippen molar-refractivity contribution in [2.24, 2.45) is 17.3 Å². The van der Waals surface area contributed by atoms with E-state index in [2.05, 4.69) is 25.7 Å². The lowest BCUT2D eigenvalue weighted by atomic mass is 9.71. The van der Waals surface area contributed by atoms with Crippen molar-refractivity contribution in [1.29, 1.82) is 0 Å². The molecule has 0 amide bonds. The maximum absolute atomic E-state index is 2.71. The minimum Gasteiger partial charge on any atom is -0.303 e. The van der Waals surface area contributed by atoms with Crippen LogP contribution in [0.15, 0.2) is 0 Å². The molecule has 88 valence electrons. The van der Waals surface area contributed by atoms with Gasteiger partial charge in [-0.1, -0.05) is 27.2 Å². The average molecular weight is 209 g/mol. The van der Waals surface area contributed by atoms with E-state index < -0.39 is 0 Å². The van der Waals surface area contributed by atoms with Crippen molar-refractivity contribution in [3.63, 3.8) is 0 Å². The van der Waals surface area contributed by atoms with Crippen LogP contribution in [0.25, 0.3) is 0 Å². The lowest BCUT2D eigenvalue weighted by molar-refractivity contribution is 0.108. The van der Waals surface area contributed by atoms with E-state index >= 15 is 0 Å². The third kappa shape index (κ3) is 2.55. The highest BCUT2D eigenvalue weighted by Gasteiger charge is 2.34. The van der Waals surface area contributed by atoms with Gasteiger partial charge in [-0.25, -0.2) is 0 Å². The van der Waals surface area contributed by atoms with Crippen molar-refractivity contribution in [2.45, 2.75) is 52.9 Å². The Bertz CT molecular complexity index is 201. The van der Waals surface area contributed by atoms with E-state index in [1.807, 2.05) is 0 Å². The van der Waals surface area contributed by atoms with Crippen LogP contribution >= 0.6 is 0 Å². The fourth-order valence-electron chi connectivity index (χ4n) is 3.47. The van der Waals surface area contributed by atoms with E-state index in [1.54, 1.807) is 0 Å². The summed E-state index contributed by atoms with van der Waals surface area (Å²) in [7, 11) is 0. The molecule has 0 saturated carbocycles. The quantitative estimate of drug-likeness (QED) is 0.638. The monoisotopic (exact) mass is 209 g/mol. The molecular weight excluding hydrogens is 182 g/mol. The van der Waals surface area contributed by atoms with Crippen molar-refractivity contribution < 1.29 is 0 Å². The van der Waals surface area contributed by atoms with Crippen LogP contribution in [-0.2, 0) is 0 Å². The second-order valence-electron chi connectivity index (χ2n) is 6.38. The van der Waals surface area contributed by atoms with Crippen molar-refractivity contribution in [2.75, 3.05) is 19.6 Å². The van der Waals surface area contributed by atoms with Gasteiger partial charge >= 0.3 is 0 Å². The molecule has 1 unspecified atom stereocenters. The molecule has 3 saturated heterocycles. The van der Waals surface area contributed by atoms with E-state index in [9.17, 15) is 0 Å². The van der Waals surface area contributed by atoms with Crippen LogP contribution in [-0.4, -0.2) is 24.5 Å². The summed E-state index contributed by atoms with van der Waals surface area (Å²) in [6, 6.07) is 0. The Kier molecular flexibility index (Phi) is 3.39. The van der Waals surface area contributed by atoms with Crippen molar-refractivity contribution in [1.82, 2.24) is 4.90 Å². The Hall–Kier alpha value is -0.0400. The number of hydrogen-bond donors (Lipinski definition) is 0. The molecular formula is C14H27N. The minimum absolute atomic E-state index is 0.601. The molecule has 3 heterocycles. The lowest BCUT2D eigenvalue weighted by Gasteiger charge is -2.39. The molecule has 1 atom stereocenters. The second-order valence-corrected chi connectivity index (χ2v) is 6.38. The highest BCUT2D eigenvalue weighted by molar-refractivity contribution is 4.87. The number of hydrogen-bond acceptors (Lipinski definition) is 1. The molecule has 3 aliphatic rings. The van der Waals surface area contributed by atoms with Gasteiger partial charge in [0.15, 0.2) is 0 Å². The van der Waals surface area contributed by atoms with Crippen molar-refractivity contribution in [3.8, 4) is 0 Å². The van der Waals surface area contributed by atoms with E-state index in [-0.39, 0.29) is 0 Å². The average Bonchev–Trinajstić information content (AvgIpc) is 2.33. The van der Waals surface area contributed by atoms with Crippen molar-refractivity contribution >= 4 is 0 Å². The highest BCUT2D eigenvalue weighted by atomic mass is 15.1. The first-order chi connectivity index (χ1) is 7.12. The predicted molar refractivity (Wildman–Crippen MR) is 66.0 cm³/mol. The molecule has 0 N–H and O–H groups in total. The first-order valence-electron chi connectivity index (χ1n) is 6.84. The maximum atomic E-state index is 2.71. The molecule has 0 radical (unpaired) electrons. The van der Waals surface area contributed by atoms with Crippen LogP contribution in [0.5, 0.6) is 0 Å². The number of nitrogens with zero attached hydrogens (tertiary/aromatic N) is 1. The van der Waals surface area contributed by atoms with E-state index in [1.165, 1.54) is 51.7 Å². The zero-order chi connectivity index (χ0) is 10.9. The number of piperidine rings is 1. The van der Waals surface area contributed by atoms with Gasteiger partial charge in [0, 0.05) is 6.54 Å². The van der Waals surface area contributed by atoms with Gasteiger partial charge in [0.05, 0.1) is 0 Å². The fourth-order valence-corrected chi connectivity index (χ4v) is 3.47. The summed E-state index contributed by atoms with van der Waals surface area (Å²) in [5, 5.41) is 0. The molecule has 1 heteroatoms. The Morgan fingerprint density at radius 2 is 1.80 bits per heavy atom. The van der Waals surface area contributed by atoms with E-state index in [4.69, 9.17) is 0 Å². The first kappa shape index (κ1) is 11.4. The van der Waals surface area contributed by atoms with Gasteiger partial charge in [-0.2, -0.15) is 0 Å². The van der Waals surface area contributed by atoms with Crippen molar-refractivity contribution in [3.05, 3.63) is 0 Å². The molecule has 0 spiro atoms. The molecule has 3 aliphatic heterocycles. The minimum atomic E-state index is 0.601. The second kappa shape index (κ2) is 4.45. The maximum Gasteiger partial charge on any atom is 0.000956 e. The molecule has 0 aromatic carbocycles. The summed E-state index contributed by atoms with van der Waals surface area (Å²) in [5.74, 6) is 1.95. The van der Waals surface area contributed by atoms with Crippen LogP contribution in [0, 0.1) is 17.3 Å². The topological polar surface area (TPSA) is 3.24 Å². The molecule has 2 bridgehead atoms. The van der Waals surface area contributed by atoms with Crippen LogP contribution in [0.4, 0.5) is 0 Å². The van der Waals surface area contributed by atoms with Crippen LogP contribution in [0.2, 0.25) is 0 Å². The highest BCUT2D eigenvalue weighted by Crippen LogP contribution is 2.41. The number of rotatable bonds is 1. The summed E-state index contributed by atoms with van der Waals surface area (Å²) >= 11 is 0. The van der Waals surface area contributed by atoms with Crippen LogP contribution in [0.3, 0.4) is 0 Å². The predicted octanol–water partition coefficient (Wildman–Crippen LogP) is 3.54. The molecule has 1 nitrogen and oxygen atoms in total. The van der Waals surface area contributed by atoms with Gasteiger partial charge in [-0.05, 0) is 56.0 Å². The number of fused-ring (bicyclic) bond motifs is 6. The summed E-state index contributed by atoms with van der Waals surface area (Å²) in [5.41, 5.74) is 0.601. The summed E-state index contributed by atoms with van der Waals surface area (Å²) in [6.07, 6.45) is 7.17. The van der Waals surface area contributed by atoms with Gasteiger partial charge in [0.2, 0.25) is 0 Å². The Morgan fingerprint density at radius 3 is 2.40 bits per heavy atom. The van der Waals surface area contributed by atoms with Gasteiger partial charge in [0.1, 0.15) is 0 Å². The smallest absolute Gasteiger partial charge is 0.000956 e. The summed E-state index contributed by atoms with van der Waals surface area (Å²) < 4.78 is 0. The van der Waals surface area contributed by atoms with E-state index in [0.29, 0.717) is 5.41 Å². The summed E-state index contributed by atoms with van der Waals surface area (Å²) in [4.78, 5) is 2.71. The molecule has 3 fully saturated rings. The van der Waals surface area contributed by atoms with Gasteiger partial charge in [0.25, 0.3) is 0 Å². The third-order valence-corrected chi connectivity index (χ3v) is 4.98. The Balaban J connectivity index is 2.09. The first-order valence-corrected chi connectivity index (χ1v) is 6.84. The Morgan fingerprint density at radius 1 is 1.13 bits per heavy atom. The molecule has 15 heavy (non-hydrogen) atoms. The molecule has 0 aromatic heterocycles. The summed E-state index contributed by atoms with van der Waals surface area (Å²) in [6.45, 7) is 11.5. The van der Waals surface area contributed by atoms with Crippen LogP contribution in [0.1, 0.15) is 52.9 Å². The molecule has 3 rings (SSSR count). The zero-order valence-electron chi connectivity index (χ0n) is 10.8. The largest absolute Gasteiger partial charge is 0.303 e. The third-order valence-electron chi connectivity index (χ3n) is 4.98. The van der Waals surface area contributed by atoms with E-state index in [0.717, 1.165) is 11.8 Å². The normalized spacial score (nSPS) is 40.6. The SMILES string of the molecule is CCC1CCC(C)(C)C2CCN(CC2)C1. The van der Waals surface area contributed by atoms with Crippen LogP contribution < -0.4 is 0 Å². The molecule has 0 aromatic rings. The van der Waals surface area contributed by atoms with Gasteiger partial charge in [-0.3, -0.25) is 0 Å². The Labute approximate surface area is 95.2 Å².